The number of nitrogens with two attached hydrogens (primary N) is 1. The Hall–Kier alpha value is -1.85. The van der Waals surface area contributed by atoms with E-state index in [9.17, 15) is 4.79 Å². The zero-order valence-corrected chi connectivity index (χ0v) is 13.2. The Balaban J connectivity index is 2.01. The van der Waals surface area contributed by atoms with Crippen LogP contribution in [0, 0.1) is 0 Å². The van der Waals surface area contributed by atoms with Crippen molar-refractivity contribution in [2.24, 2.45) is 5.73 Å². The third kappa shape index (κ3) is 3.83. The zero-order chi connectivity index (χ0) is 15.2. The van der Waals surface area contributed by atoms with Crippen molar-refractivity contribution in [3.8, 4) is 0 Å². The number of amides is 1. The summed E-state index contributed by atoms with van der Waals surface area (Å²) in [5.41, 5.74) is 7.86. The summed E-state index contributed by atoms with van der Waals surface area (Å²) < 4.78 is 0. The van der Waals surface area contributed by atoms with Crippen LogP contribution < -0.4 is 16.0 Å². The van der Waals surface area contributed by atoms with Gasteiger partial charge in [0.25, 0.3) is 0 Å². The molecule has 0 bridgehead atoms. The third-order valence-electron chi connectivity index (χ3n) is 3.40. The fourth-order valence-corrected chi connectivity index (χ4v) is 2.89. The maximum Gasteiger partial charge on any atom is 0.246 e. The maximum atomic E-state index is 12.1. The first-order chi connectivity index (χ1) is 10.2. The van der Waals surface area contributed by atoms with Gasteiger partial charge in [-0.3, -0.25) is 4.79 Å². The van der Waals surface area contributed by atoms with E-state index >= 15 is 0 Å². The van der Waals surface area contributed by atoms with Crippen molar-refractivity contribution >= 4 is 28.6 Å². The lowest BCUT2D eigenvalue weighted by Gasteiger charge is -2.21. The number of carbonyl (C=O) groups excluding carboxylic acids is 1. The lowest BCUT2D eigenvalue weighted by molar-refractivity contribution is -0.117. The molecule has 2 rings (SSSR count). The molecule has 1 unspecified atom stereocenters. The molecule has 112 valence electrons. The predicted molar refractivity (Wildman–Crippen MR) is 89.9 cm³/mol. The fraction of sp³-hybridized carbons (Fsp3) is 0.312. The lowest BCUT2D eigenvalue weighted by atomic mass is 10.2. The minimum Gasteiger partial charge on any atom is -0.372 e. The summed E-state index contributed by atoms with van der Waals surface area (Å²) in [6.45, 7) is 6.18. The van der Waals surface area contributed by atoms with E-state index in [0.717, 1.165) is 29.3 Å². The number of nitrogens with one attached hydrogen (secondary N) is 1. The SMILES string of the molecule is CCN(CC)c1ccc(NC(=O)C(N)c2cccs2)cc1. The summed E-state index contributed by atoms with van der Waals surface area (Å²) in [7, 11) is 0. The van der Waals surface area contributed by atoms with Crippen LogP contribution in [0.4, 0.5) is 11.4 Å². The monoisotopic (exact) mass is 303 g/mol. The van der Waals surface area contributed by atoms with E-state index in [2.05, 4.69) is 24.1 Å². The number of rotatable bonds is 6. The first-order valence-corrected chi connectivity index (χ1v) is 7.98. The maximum absolute atomic E-state index is 12.1. The van der Waals surface area contributed by atoms with Gasteiger partial charge in [-0.1, -0.05) is 6.07 Å². The number of hydrogen-bond acceptors (Lipinski definition) is 4. The van der Waals surface area contributed by atoms with Crippen LogP contribution in [0.15, 0.2) is 41.8 Å². The van der Waals surface area contributed by atoms with Gasteiger partial charge in [0.1, 0.15) is 6.04 Å². The Bertz CT molecular complexity index is 562. The van der Waals surface area contributed by atoms with Crippen molar-refractivity contribution in [1.29, 1.82) is 0 Å². The molecule has 0 aliphatic rings. The molecular formula is C16H21N3OS. The molecule has 1 atom stereocenters. The van der Waals surface area contributed by atoms with Gasteiger partial charge >= 0.3 is 0 Å². The second-order valence-electron chi connectivity index (χ2n) is 4.70. The number of carbonyl (C=O) groups is 1. The summed E-state index contributed by atoms with van der Waals surface area (Å²) in [4.78, 5) is 15.2. The van der Waals surface area contributed by atoms with Crippen LogP contribution in [-0.2, 0) is 4.79 Å². The smallest absolute Gasteiger partial charge is 0.246 e. The molecule has 1 aromatic carbocycles. The number of nitrogens with zero attached hydrogens (tertiary/aromatic N) is 1. The van der Waals surface area contributed by atoms with Gasteiger partial charge in [0.05, 0.1) is 0 Å². The van der Waals surface area contributed by atoms with Crippen LogP contribution in [-0.4, -0.2) is 19.0 Å². The van der Waals surface area contributed by atoms with Crippen LogP contribution in [0.2, 0.25) is 0 Å². The molecule has 21 heavy (non-hydrogen) atoms. The van der Waals surface area contributed by atoms with E-state index < -0.39 is 6.04 Å². The number of benzene rings is 1. The van der Waals surface area contributed by atoms with Gasteiger partial charge in [-0.2, -0.15) is 0 Å². The Labute approximate surface area is 129 Å². The van der Waals surface area contributed by atoms with Gasteiger partial charge in [-0.25, -0.2) is 0 Å². The summed E-state index contributed by atoms with van der Waals surface area (Å²) in [5, 5.41) is 4.77. The molecule has 5 heteroatoms. The highest BCUT2D eigenvalue weighted by atomic mass is 32.1. The molecule has 3 N–H and O–H groups in total. The quantitative estimate of drug-likeness (QED) is 0.861. The third-order valence-corrected chi connectivity index (χ3v) is 4.35. The second-order valence-corrected chi connectivity index (χ2v) is 5.68. The highest BCUT2D eigenvalue weighted by molar-refractivity contribution is 7.10. The Morgan fingerprint density at radius 2 is 1.90 bits per heavy atom. The van der Waals surface area contributed by atoms with Gasteiger partial charge in [-0.05, 0) is 49.6 Å². The van der Waals surface area contributed by atoms with Gasteiger partial charge < -0.3 is 16.0 Å². The summed E-state index contributed by atoms with van der Waals surface area (Å²) in [6.07, 6.45) is 0. The minimum atomic E-state index is -0.618. The molecule has 0 aliphatic heterocycles. The van der Waals surface area contributed by atoms with Gasteiger partial charge in [-0.15, -0.1) is 11.3 Å². The highest BCUT2D eigenvalue weighted by Gasteiger charge is 2.16. The molecular weight excluding hydrogens is 282 g/mol. The van der Waals surface area contributed by atoms with Crippen LogP contribution in [0.5, 0.6) is 0 Å². The van der Waals surface area contributed by atoms with Crippen molar-refractivity contribution < 1.29 is 4.79 Å². The van der Waals surface area contributed by atoms with E-state index in [0.29, 0.717) is 0 Å². The molecule has 0 aliphatic carbocycles. The zero-order valence-electron chi connectivity index (χ0n) is 12.4. The summed E-state index contributed by atoms with van der Waals surface area (Å²) in [5.74, 6) is -0.187. The van der Waals surface area contributed by atoms with E-state index in [1.165, 1.54) is 11.3 Å². The Kier molecular flexibility index (Phi) is 5.36. The first-order valence-electron chi connectivity index (χ1n) is 7.10. The van der Waals surface area contributed by atoms with Crippen molar-refractivity contribution in [3.63, 3.8) is 0 Å². The number of thiophene rings is 1. The molecule has 4 nitrogen and oxygen atoms in total. The van der Waals surface area contributed by atoms with Gasteiger partial charge in [0.2, 0.25) is 5.91 Å². The standard InChI is InChI=1S/C16H21N3OS/c1-3-19(4-2)13-9-7-12(8-10-13)18-16(20)15(17)14-6-5-11-21-14/h5-11,15H,3-4,17H2,1-2H3,(H,18,20). The van der Waals surface area contributed by atoms with Crippen molar-refractivity contribution in [3.05, 3.63) is 46.7 Å². The van der Waals surface area contributed by atoms with E-state index in [4.69, 9.17) is 5.73 Å². The molecule has 1 aromatic heterocycles. The molecule has 0 radical (unpaired) electrons. The minimum absolute atomic E-state index is 0.187. The average molecular weight is 303 g/mol. The Morgan fingerprint density at radius 1 is 1.24 bits per heavy atom. The average Bonchev–Trinajstić information content (AvgIpc) is 3.03. The van der Waals surface area contributed by atoms with Crippen LogP contribution in [0.1, 0.15) is 24.8 Å². The molecule has 0 fully saturated rings. The first kappa shape index (κ1) is 15.5. The fourth-order valence-electron chi connectivity index (χ4n) is 2.16. The number of anilines is 2. The topological polar surface area (TPSA) is 58.4 Å². The van der Waals surface area contributed by atoms with Crippen LogP contribution in [0.25, 0.3) is 0 Å². The molecule has 0 saturated carbocycles. The van der Waals surface area contributed by atoms with Gasteiger partial charge in [0.15, 0.2) is 0 Å². The number of hydrogen-bond donors (Lipinski definition) is 2. The summed E-state index contributed by atoms with van der Waals surface area (Å²) in [6, 6.07) is 11.0. The van der Waals surface area contributed by atoms with Crippen molar-refractivity contribution in [2.75, 3.05) is 23.3 Å². The summed E-state index contributed by atoms with van der Waals surface area (Å²) >= 11 is 1.49. The molecule has 0 spiro atoms. The van der Waals surface area contributed by atoms with Crippen molar-refractivity contribution in [1.82, 2.24) is 0 Å². The highest BCUT2D eigenvalue weighted by Crippen LogP contribution is 2.21. The van der Waals surface area contributed by atoms with Crippen LogP contribution in [0.3, 0.4) is 0 Å². The van der Waals surface area contributed by atoms with E-state index in [1.54, 1.807) is 0 Å². The predicted octanol–water partition coefficient (Wildman–Crippen LogP) is 3.23. The van der Waals surface area contributed by atoms with E-state index in [1.807, 2.05) is 41.8 Å². The van der Waals surface area contributed by atoms with Crippen molar-refractivity contribution in [2.45, 2.75) is 19.9 Å². The molecule has 0 saturated heterocycles. The molecule has 2 aromatic rings. The lowest BCUT2D eigenvalue weighted by Crippen LogP contribution is -2.27. The van der Waals surface area contributed by atoms with Gasteiger partial charge in [0, 0.05) is 29.3 Å². The van der Waals surface area contributed by atoms with Crippen LogP contribution >= 0.6 is 11.3 Å². The largest absolute Gasteiger partial charge is 0.372 e. The second kappa shape index (κ2) is 7.24. The molecule has 1 amide bonds. The van der Waals surface area contributed by atoms with E-state index in [-0.39, 0.29) is 5.91 Å². The Morgan fingerprint density at radius 3 is 2.43 bits per heavy atom. The molecule has 1 heterocycles. The normalized spacial score (nSPS) is 12.0.